The van der Waals surface area contributed by atoms with Crippen molar-refractivity contribution >= 4 is 0 Å². The number of hydrogen-bond donors (Lipinski definition) is 2. The van der Waals surface area contributed by atoms with Crippen LogP contribution in [-0.2, 0) is 9.47 Å². The maximum absolute atomic E-state index is 5.43. The van der Waals surface area contributed by atoms with E-state index < -0.39 is 0 Å². The number of hydrogen-bond acceptors (Lipinski definition) is 4. The minimum absolute atomic E-state index is 0.261. The second kappa shape index (κ2) is 5.25. The van der Waals surface area contributed by atoms with E-state index in [1.807, 2.05) is 0 Å². The lowest BCUT2D eigenvalue weighted by atomic mass is 9.92. The molecule has 88 valence electrons. The summed E-state index contributed by atoms with van der Waals surface area (Å²) in [5, 5.41) is 7.10. The van der Waals surface area contributed by atoms with Gasteiger partial charge in [0.2, 0.25) is 0 Å². The number of morpholine rings is 1. The molecule has 2 rings (SSSR count). The molecule has 2 N–H and O–H groups in total. The topological polar surface area (TPSA) is 42.5 Å². The van der Waals surface area contributed by atoms with E-state index >= 15 is 0 Å². The number of ether oxygens (including phenoxy) is 2. The van der Waals surface area contributed by atoms with Crippen LogP contribution in [0.25, 0.3) is 0 Å². The van der Waals surface area contributed by atoms with Crippen molar-refractivity contribution in [2.45, 2.75) is 31.3 Å². The zero-order valence-electron chi connectivity index (χ0n) is 9.55. The molecule has 4 nitrogen and oxygen atoms in total. The van der Waals surface area contributed by atoms with E-state index in [-0.39, 0.29) is 5.54 Å². The van der Waals surface area contributed by atoms with Gasteiger partial charge >= 0.3 is 0 Å². The van der Waals surface area contributed by atoms with Gasteiger partial charge in [0.25, 0.3) is 0 Å². The van der Waals surface area contributed by atoms with Crippen LogP contribution >= 0.6 is 0 Å². The Morgan fingerprint density at radius 1 is 1.27 bits per heavy atom. The van der Waals surface area contributed by atoms with Gasteiger partial charge in [-0.3, -0.25) is 0 Å². The summed E-state index contributed by atoms with van der Waals surface area (Å²) in [4.78, 5) is 0. The molecule has 1 unspecified atom stereocenters. The van der Waals surface area contributed by atoms with Crippen LogP contribution in [0, 0.1) is 0 Å². The zero-order chi connectivity index (χ0) is 10.6. The normalized spacial score (nSPS) is 31.4. The van der Waals surface area contributed by atoms with Gasteiger partial charge in [-0.15, -0.1) is 0 Å². The minimum atomic E-state index is 0.261. The molecule has 0 aromatic carbocycles. The Labute approximate surface area is 91.7 Å². The van der Waals surface area contributed by atoms with Crippen molar-refractivity contribution in [1.82, 2.24) is 10.6 Å². The average molecular weight is 214 g/mol. The predicted molar refractivity (Wildman–Crippen MR) is 59.1 cm³/mol. The SMILES string of the molecule is CC1(NCC2COCCN2)CCOCC1. The maximum atomic E-state index is 5.43. The van der Waals surface area contributed by atoms with Crippen LogP contribution in [0.15, 0.2) is 0 Å². The first kappa shape index (κ1) is 11.3. The van der Waals surface area contributed by atoms with Crippen LogP contribution < -0.4 is 10.6 Å². The van der Waals surface area contributed by atoms with E-state index in [0.29, 0.717) is 6.04 Å². The Kier molecular flexibility index (Phi) is 3.97. The molecular formula is C11H22N2O2. The summed E-state index contributed by atoms with van der Waals surface area (Å²) >= 11 is 0. The molecule has 1 atom stereocenters. The highest BCUT2D eigenvalue weighted by molar-refractivity contribution is 4.87. The van der Waals surface area contributed by atoms with Crippen LogP contribution in [0.5, 0.6) is 0 Å². The Balaban J connectivity index is 1.70. The van der Waals surface area contributed by atoms with Crippen molar-refractivity contribution in [2.24, 2.45) is 0 Å². The molecule has 2 aliphatic heterocycles. The molecule has 2 saturated heterocycles. The lowest BCUT2D eigenvalue weighted by Gasteiger charge is -2.36. The molecule has 0 radical (unpaired) electrons. The van der Waals surface area contributed by atoms with E-state index in [1.54, 1.807) is 0 Å². The monoisotopic (exact) mass is 214 g/mol. The second-order valence-electron chi connectivity index (χ2n) is 4.78. The number of rotatable bonds is 3. The van der Waals surface area contributed by atoms with Gasteiger partial charge in [-0.25, -0.2) is 0 Å². The van der Waals surface area contributed by atoms with Crippen LogP contribution in [0.2, 0.25) is 0 Å². The first-order valence-electron chi connectivity index (χ1n) is 5.92. The first-order chi connectivity index (χ1) is 7.29. The molecule has 4 heteroatoms. The minimum Gasteiger partial charge on any atom is -0.381 e. The standard InChI is InChI=1S/C11H22N2O2/c1-11(2-5-14-6-3-11)13-8-10-9-15-7-4-12-10/h10,12-13H,2-9H2,1H3. The van der Waals surface area contributed by atoms with Crippen molar-refractivity contribution in [3.05, 3.63) is 0 Å². The Bertz CT molecular complexity index is 187. The van der Waals surface area contributed by atoms with Crippen molar-refractivity contribution in [2.75, 3.05) is 39.5 Å². The van der Waals surface area contributed by atoms with Gasteiger partial charge < -0.3 is 20.1 Å². The van der Waals surface area contributed by atoms with Gasteiger partial charge in [-0.2, -0.15) is 0 Å². The van der Waals surface area contributed by atoms with Crippen molar-refractivity contribution in [1.29, 1.82) is 0 Å². The average Bonchev–Trinajstić information content (AvgIpc) is 2.29. The molecule has 15 heavy (non-hydrogen) atoms. The Hall–Kier alpha value is -0.160. The fraction of sp³-hybridized carbons (Fsp3) is 1.00. The maximum Gasteiger partial charge on any atom is 0.0632 e. The summed E-state index contributed by atoms with van der Waals surface area (Å²) in [6, 6.07) is 0.471. The Morgan fingerprint density at radius 3 is 2.73 bits per heavy atom. The van der Waals surface area contributed by atoms with E-state index in [0.717, 1.165) is 52.4 Å². The second-order valence-corrected chi connectivity index (χ2v) is 4.78. The molecular weight excluding hydrogens is 192 g/mol. The van der Waals surface area contributed by atoms with Gasteiger partial charge in [-0.1, -0.05) is 0 Å². The van der Waals surface area contributed by atoms with Crippen LogP contribution in [0.4, 0.5) is 0 Å². The fourth-order valence-electron chi connectivity index (χ4n) is 2.12. The van der Waals surface area contributed by atoms with Gasteiger partial charge in [0.1, 0.15) is 0 Å². The highest BCUT2D eigenvalue weighted by Gasteiger charge is 2.27. The van der Waals surface area contributed by atoms with Gasteiger partial charge in [0.05, 0.1) is 13.2 Å². The molecule has 0 aromatic heterocycles. The van der Waals surface area contributed by atoms with E-state index in [2.05, 4.69) is 17.6 Å². The lowest BCUT2D eigenvalue weighted by molar-refractivity contribution is 0.0371. The van der Waals surface area contributed by atoms with Crippen molar-refractivity contribution < 1.29 is 9.47 Å². The molecule has 0 bridgehead atoms. The molecule has 0 saturated carbocycles. The lowest BCUT2D eigenvalue weighted by Crippen LogP contribution is -2.54. The molecule has 0 amide bonds. The summed E-state index contributed by atoms with van der Waals surface area (Å²) in [6.07, 6.45) is 2.22. The third kappa shape index (κ3) is 3.41. The van der Waals surface area contributed by atoms with Gasteiger partial charge in [-0.05, 0) is 19.8 Å². The van der Waals surface area contributed by atoms with Crippen molar-refractivity contribution in [3.8, 4) is 0 Å². The predicted octanol–water partition coefficient (Wildman–Crippen LogP) is 0.133. The summed E-state index contributed by atoms with van der Waals surface area (Å²) in [5.74, 6) is 0. The molecule has 0 aliphatic carbocycles. The fourth-order valence-corrected chi connectivity index (χ4v) is 2.12. The first-order valence-corrected chi connectivity index (χ1v) is 5.92. The van der Waals surface area contributed by atoms with E-state index in [9.17, 15) is 0 Å². The highest BCUT2D eigenvalue weighted by Crippen LogP contribution is 2.19. The third-order valence-electron chi connectivity index (χ3n) is 3.37. The summed E-state index contributed by atoms with van der Waals surface area (Å²) in [7, 11) is 0. The largest absolute Gasteiger partial charge is 0.381 e. The highest BCUT2D eigenvalue weighted by atomic mass is 16.5. The van der Waals surface area contributed by atoms with Crippen molar-refractivity contribution in [3.63, 3.8) is 0 Å². The van der Waals surface area contributed by atoms with Gasteiger partial charge in [0.15, 0.2) is 0 Å². The van der Waals surface area contributed by atoms with Crippen LogP contribution in [-0.4, -0.2) is 51.1 Å². The molecule has 0 aromatic rings. The molecule has 2 heterocycles. The summed E-state index contributed by atoms with van der Waals surface area (Å²) in [5.41, 5.74) is 0.261. The van der Waals surface area contributed by atoms with E-state index in [4.69, 9.17) is 9.47 Å². The van der Waals surface area contributed by atoms with Crippen LogP contribution in [0.3, 0.4) is 0 Å². The third-order valence-corrected chi connectivity index (χ3v) is 3.37. The molecule has 2 aliphatic rings. The summed E-state index contributed by atoms with van der Waals surface area (Å²) < 4.78 is 10.8. The summed E-state index contributed by atoms with van der Waals surface area (Å²) in [6.45, 7) is 7.72. The molecule has 0 spiro atoms. The quantitative estimate of drug-likeness (QED) is 0.701. The zero-order valence-corrected chi connectivity index (χ0v) is 9.55. The molecule has 2 fully saturated rings. The Morgan fingerprint density at radius 2 is 2.07 bits per heavy atom. The number of nitrogens with one attached hydrogen (secondary N) is 2. The van der Waals surface area contributed by atoms with Gasteiger partial charge in [0, 0.05) is 37.9 Å². The van der Waals surface area contributed by atoms with E-state index in [1.165, 1.54) is 0 Å². The van der Waals surface area contributed by atoms with Crippen LogP contribution in [0.1, 0.15) is 19.8 Å². The smallest absolute Gasteiger partial charge is 0.0632 e.